The lowest BCUT2D eigenvalue weighted by molar-refractivity contribution is -0.161. The van der Waals surface area contributed by atoms with E-state index in [1.807, 2.05) is 0 Å². The van der Waals surface area contributed by atoms with Gasteiger partial charge >= 0.3 is 11.9 Å². The summed E-state index contributed by atoms with van der Waals surface area (Å²) in [5.74, 6) is -0.564. The number of hydrogen-bond acceptors (Lipinski definition) is 5. The monoisotopic (exact) mass is 1140 g/mol. The van der Waals surface area contributed by atoms with Crippen molar-refractivity contribution in [2.24, 2.45) is 0 Å². The minimum absolute atomic E-state index is 0.0587. The van der Waals surface area contributed by atoms with Crippen molar-refractivity contribution in [2.45, 2.75) is 437 Å². The molecule has 81 heavy (non-hydrogen) atoms. The second kappa shape index (κ2) is 72.6. The zero-order chi connectivity index (χ0) is 58.4. The molecule has 0 aromatic carbocycles. The Morgan fingerprint density at radius 2 is 0.494 bits per heavy atom. The standard InChI is InChI=1S/C76H146O5/c1-3-5-7-9-11-13-15-17-19-21-23-25-27-29-31-32-33-34-35-36-37-38-39-40-41-42-43-45-46-48-50-52-54-56-58-60-62-64-66-68-70-75(78)80-73-74(72-77)81-76(79)71-69-67-65-63-61-59-57-55-53-51-49-47-44-30-28-26-24-22-20-18-16-14-12-10-8-6-4-2/h16,18,22,24,74,77H,3-15,17,19-21,23,25-73H2,1-2H3/b18-16-,24-22-. The number of rotatable bonds is 71. The van der Waals surface area contributed by atoms with E-state index in [1.165, 1.54) is 366 Å². The van der Waals surface area contributed by atoms with Crippen molar-refractivity contribution < 1.29 is 24.2 Å². The maximum atomic E-state index is 12.4. The van der Waals surface area contributed by atoms with Crippen molar-refractivity contribution in [1.29, 1.82) is 0 Å². The first kappa shape index (κ1) is 79.4. The highest BCUT2D eigenvalue weighted by molar-refractivity contribution is 5.70. The molecule has 0 amide bonds. The molecule has 0 spiro atoms. The normalized spacial score (nSPS) is 12.2. The van der Waals surface area contributed by atoms with Crippen LogP contribution >= 0.6 is 0 Å². The molecule has 5 nitrogen and oxygen atoms in total. The summed E-state index contributed by atoms with van der Waals surface area (Å²) in [6, 6.07) is 0. The van der Waals surface area contributed by atoms with Gasteiger partial charge in [0.2, 0.25) is 0 Å². The summed E-state index contributed by atoms with van der Waals surface area (Å²) in [5.41, 5.74) is 0. The maximum Gasteiger partial charge on any atom is 0.306 e. The molecule has 480 valence electrons. The van der Waals surface area contributed by atoms with Gasteiger partial charge in [0, 0.05) is 12.8 Å². The molecule has 0 aliphatic carbocycles. The molecule has 0 saturated heterocycles. The van der Waals surface area contributed by atoms with Gasteiger partial charge in [-0.1, -0.05) is 398 Å². The van der Waals surface area contributed by atoms with Gasteiger partial charge in [-0.3, -0.25) is 9.59 Å². The van der Waals surface area contributed by atoms with Gasteiger partial charge in [-0.2, -0.15) is 0 Å². The van der Waals surface area contributed by atoms with Crippen LogP contribution < -0.4 is 0 Å². The third kappa shape index (κ3) is 70.8. The van der Waals surface area contributed by atoms with E-state index in [2.05, 4.69) is 38.2 Å². The number of aliphatic hydroxyl groups excluding tert-OH is 1. The van der Waals surface area contributed by atoms with E-state index in [9.17, 15) is 14.7 Å². The number of carbonyl (C=O) groups is 2. The largest absolute Gasteiger partial charge is 0.462 e. The van der Waals surface area contributed by atoms with Gasteiger partial charge in [0.25, 0.3) is 0 Å². The molecule has 0 bridgehead atoms. The number of aliphatic hydroxyl groups is 1. The molecular weight excluding hydrogens is 993 g/mol. The first-order chi connectivity index (χ1) is 40.1. The summed E-state index contributed by atoms with van der Waals surface area (Å²) < 4.78 is 10.8. The molecular formula is C76H146O5. The van der Waals surface area contributed by atoms with E-state index in [1.54, 1.807) is 0 Å². The van der Waals surface area contributed by atoms with Crippen LogP contribution in [0.3, 0.4) is 0 Å². The predicted molar refractivity (Wildman–Crippen MR) is 358 cm³/mol. The van der Waals surface area contributed by atoms with Gasteiger partial charge in [-0.05, 0) is 44.9 Å². The van der Waals surface area contributed by atoms with Crippen LogP contribution in [0.15, 0.2) is 24.3 Å². The summed E-state index contributed by atoms with van der Waals surface area (Å²) in [7, 11) is 0. The molecule has 0 aromatic heterocycles. The highest BCUT2D eigenvalue weighted by Crippen LogP contribution is 2.20. The molecule has 5 heteroatoms. The Labute approximate surface area is 508 Å². The lowest BCUT2D eigenvalue weighted by Crippen LogP contribution is -2.28. The third-order valence-electron chi connectivity index (χ3n) is 17.5. The number of allylic oxidation sites excluding steroid dienone is 4. The number of esters is 2. The van der Waals surface area contributed by atoms with Crippen LogP contribution in [-0.4, -0.2) is 36.4 Å². The van der Waals surface area contributed by atoms with Crippen molar-refractivity contribution >= 4 is 11.9 Å². The van der Waals surface area contributed by atoms with Crippen LogP contribution in [0.5, 0.6) is 0 Å². The molecule has 0 rings (SSSR count). The second-order valence-electron chi connectivity index (χ2n) is 25.7. The Balaban J connectivity index is 3.35. The molecule has 1 atom stereocenters. The van der Waals surface area contributed by atoms with E-state index < -0.39 is 6.10 Å². The van der Waals surface area contributed by atoms with E-state index >= 15 is 0 Å². The molecule has 0 saturated carbocycles. The van der Waals surface area contributed by atoms with Gasteiger partial charge in [0.15, 0.2) is 6.10 Å². The number of carbonyl (C=O) groups excluding carboxylic acids is 2. The van der Waals surface area contributed by atoms with Crippen molar-refractivity contribution in [3.05, 3.63) is 24.3 Å². The van der Waals surface area contributed by atoms with Gasteiger partial charge in [-0.15, -0.1) is 0 Å². The Morgan fingerprint density at radius 1 is 0.284 bits per heavy atom. The van der Waals surface area contributed by atoms with Crippen LogP contribution in [0.2, 0.25) is 0 Å². The Hall–Kier alpha value is -1.62. The zero-order valence-corrected chi connectivity index (χ0v) is 55.3. The van der Waals surface area contributed by atoms with Gasteiger partial charge in [-0.25, -0.2) is 0 Å². The average molecular weight is 1140 g/mol. The molecule has 1 unspecified atom stereocenters. The minimum atomic E-state index is -0.770. The maximum absolute atomic E-state index is 12.4. The SMILES string of the molecule is CCCCCCC/C=C\C/C=C\CCCCCCCCCCCCCCCCCC(=O)OC(CO)COC(=O)CCCCCCCCCCCCCCCCCCCCCCCCCCCCCCCCCCCCCCCCCC. The third-order valence-corrected chi connectivity index (χ3v) is 17.5. The van der Waals surface area contributed by atoms with Gasteiger partial charge < -0.3 is 14.6 Å². The van der Waals surface area contributed by atoms with Crippen LogP contribution in [0.25, 0.3) is 0 Å². The van der Waals surface area contributed by atoms with Gasteiger partial charge in [0.1, 0.15) is 6.61 Å². The minimum Gasteiger partial charge on any atom is -0.462 e. The molecule has 0 fully saturated rings. The number of hydrogen-bond donors (Lipinski definition) is 1. The molecule has 0 aromatic rings. The van der Waals surface area contributed by atoms with E-state index in [-0.39, 0.29) is 25.2 Å². The van der Waals surface area contributed by atoms with Crippen molar-refractivity contribution in [2.75, 3.05) is 13.2 Å². The van der Waals surface area contributed by atoms with Crippen LogP contribution in [-0.2, 0) is 19.1 Å². The quantitative estimate of drug-likeness (QED) is 0.0373. The van der Waals surface area contributed by atoms with Crippen LogP contribution in [0.1, 0.15) is 431 Å². The van der Waals surface area contributed by atoms with Crippen LogP contribution in [0.4, 0.5) is 0 Å². The van der Waals surface area contributed by atoms with E-state index in [0.717, 1.165) is 38.5 Å². The van der Waals surface area contributed by atoms with Gasteiger partial charge in [0.05, 0.1) is 6.61 Å². The summed E-state index contributed by atoms with van der Waals surface area (Å²) in [4.78, 5) is 24.7. The topological polar surface area (TPSA) is 72.8 Å². The molecule has 0 radical (unpaired) electrons. The predicted octanol–water partition coefficient (Wildman–Crippen LogP) is 25.9. The Bertz CT molecular complexity index is 1240. The lowest BCUT2D eigenvalue weighted by Gasteiger charge is -2.15. The van der Waals surface area contributed by atoms with Crippen molar-refractivity contribution in [3.8, 4) is 0 Å². The molecule has 0 aliphatic rings. The van der Waals surface area contributed by atoms with Crippen LogP contribution in [0, 0.1) is 0 Å². The summed E-state index contributed by atoms with van der Waals surface area (Å²) in [6.07, 6.45) is 95.4. The zero-order valence-electron chi connectivity index (χ0n) is 55.3. The molecule has 0 heterocycles. The summed E-state index contributed by atoms with van der Waals surface area (Å²) in [5, 5.41) is 9.71. The lowest BCUT2D eigenvalue weighted by atomic mass is 10.0. The number of ether oxygens (including phenoxy) is 2. The van der Waals surface area contributed by atoms with E-state index in [0.29, 0.717) is 12.8 Å². The second-order valence-corrected chi connectivity index (χ2v) is 25.7. The first-order valence-electron chi connectivity index (χ1n) is 37.4. The molecule has 0 aliphatic heterocycles. The highest BCUT2D eigenvalue weighted by atomic mass is 16.6. The fraction of sp³-hybridized carbons (Fsp3) is 0.921. The van der Waals surface area contributed by atoms with E-state index in [4.69, 9.17) is 9.47 Å². The highest BCUT2D eigenvalue weighted by Gasteiger charge is 2.16. The fourth-order valence-corrected chi connectivity index (χ4v) is 11.9. The smallest absolute Gasteiger partial charge is 0.306 e. The summed E-state index contributed by atoms with van der Waals surface area (Å²) in [6.45, 7) is 4.20. The fourth-order valence-electron chi connectivity index (χ4n) is 11.9. The Kier molecular flexibility index (Phi) is 71.2. The average Bonchev–Trinajstić information content (AvgIpc) is 3.47. The summed E-state index contributed by atoms with van der Waals surface area (Å²) >= 11 is 0. The number of unbranched alkanes of at least 4 members (excludes halogenated alkanes) is 59. The first-order valence-corrected chi connectivity index (χ1v) is 37.4. The Morgan fingerprint density at radius 3 is 0.728 bits per heavy atom. The van der Waals surface area contributed by atoms with Crippen molar-refractivity contribution in [1.82, 2.24) is 0 Å². The van der Waals surface area contributed by atoms with Crippen molar-refractivity contribution in [3.63, 3.8) is 0 Å². The molecule has 1 N–H and O–H groups in total.